The van der Waals surface area contributed by atoms with Gasteiger partial charge in [-0.1, -0.05) is 30.3 Å². The summed E-state index contributed by atoms with van der Waals surface area (Å²) in [5.41, 5.74) is 2.00. The molecule has 0 spiro atoms. The molecule has 3 rings (SSSR count). The van der Waals surface area contributed by atoms with Crippen LogP contribution in [0.25, 0.3) is 0 Å². The second kappa shape index (κ2) is 3.09. The standard InChI is InChI=1S/C13H17N/c1-2-6-12(7-3-1)13(8-9-13)14-10-4-5-11-14/h1-3,6-7H,4-5,8-11H2. The van der Waals surface area contributed by atoms with E-state index >= 15 is 0 Å². The van der Waals surface area contributed by atoms with Crippen molar-refractivity contribution in [1.82, 2.24) is 4.90 Å². The molecule has 1 saturated carbocycles. The van der Waals surface area contributed by atoms with Crippen molar-refractivity contribution in [2.75, 3.05) is 13.1 Å². The van der Waals surface area contributed by atoms with Crippen molar-refractivity contribution in [3.05, 3.63) is 35.9 Å². The molecular formula is C13H17N. The van der Waals surface area contributed by atoms with E-state index < -0.39 is 0 Å². The second-order valence-electron chi connectivity index (χ2n) is 4.59. The molecule has 0 radical (unpaired) electrons. The van der Waals surface area contributed by atoms with Gasteiger partial charge in [0.1, 0.15) is 0 Å². The van der Waals surface area contributed by atoms with Gasteiger partial charge in [0, 0.05) is 5.54 Å². The molecule has 1 aliphatic carbocycles. The highest BCUT2D eigenvalue weighted by molar-refractivity contribution is 5.30. The summed E-state index contributed by atoms with van der Waals surface area (Å²) in [6.45, 7) is 2.63. The molecule has 2 fully saturated rings. The molecule has 1 aromatic rings. The van der Waals surface area contributed by atoms with Crippen molar-refractivity contribution in [1.29, 1.82) is 0 Å². The van der Waals surface area contributed by atoms with Gasteiger partial charge in [0.15, 0.2) is 0 Å². The Balaban J connectivity index is 1.89. The van der Waals surface area contributed by atoms with Crippen molar-refractivity contribution >= 4 is 0 Å². The summed E-state index contributed by atoms with van der Waals surface area (Å²) in [7, 11) is 0. The van der Waals surface area contributed by atoms with Crippen LogP contribution in [0.4, 0.5) is 0 Å². The number of rotatable bonds is 2. The van der Waals surface area contributed by atoms with Gasteiger partial charge in [0.05, 0.1) is 0 Å². The van der Waals surface area contributed by atoms with E-state index in [-0.39, 0.29) is 0 Å². The minimum absolute atomic E-state index is 0.456. The molecule has 14 heavy (non-hydrogen) atoms. The number of likely N-dealkylation sites (tertiary alicyclic amines) is 1. The van der Waals surface area contributed by atoms with Crippen LogP contribution in [0.5, 0.6) is 0 Å². The van der Waals surface area contributed by atoms with Gasteiger partial charge in [-0.15, -0.1) is 0 Å². The Kier molecular flexibility index (Phi) is 1.88. The first-order chi connectivity index (χ1) is 6.92. The van der Waals surface area contributed by atoms with E-state index in [4.69, 9.17) is 0 Å². The van der Waals surface area contributed by atoms with Gasteiger partial charge in [-0.2, -0.15) is 0 Å². The van der Waals surface area contributed by atoms with Crippen molar-refractivity contribution in [2.45, 2.75) is 31.2 Å². The first kappa shape index (κ1) is 8.49. The molecule has 0 unspecified atom stereocenters. The Morgan fingerprint density at radius 3 is 2.14 bits per heavy atom. The number of hydrogen-bond acceptors (Lipinski definition) is 1. The monoisotopic (exact) mass is 187 g/mol. The van der Waals surface area contributed by atoms with Gasteiger partial charge in [-0.25, -0.2) is 0 Å². The SMILES string of the molecule is c1ccc(C2(N3CCCC3)CC2)cc1. The van der Waals surface area contributed by atoms with E-state index in [0.717, 1.165) is 0 Å². The molecule has 1 aliphatic heterocycles. The van der Waals surface area contributed by atoms with Gasteiger partial charge in [0.25, 0.3) is 0 Å². The minimum atomic E-state index is 0.456. The summed E-state index contributed by atoms with van der Waals surface area (Å²) in [6.07, 6.45) is 5.54. The molecule has 1 heterocycles. The topological polar surface area (TPSA) is 3.24 Å². The fourth-order valence-electron chi connectivity index (χ4n) is 2.80. The third-order valence-electron chi connectivity index (χ3n) is 3.75. The average Bonchev–Trinajstić information content (AvgIpc) is 2.88. The predicted molar refractivity (Wildman–Crippen MR) is 58.2 cm³/mol. The fourth-order valence-corrected chi connectivity index (χ4v) is 2.80. The van der Waals surface area contributed by atoms with Crippen LogP contribution in [-0.2, 0) is 5.54 Å². The maximum Gasteiger partial charge on any atom is 0.0462 e. The van der Waals surface area contributed by atoms with Gasteiger partial charge in [0.2, 0.25) is 0 Å². The normalized spacial score (nSPS) is 25.1. The molecule has 0 aromatic heterocycles. The summed E-state index contributed by atoms with van der Waals surface area (Å²) in [4.78, 5) is 2.70. The maximum atomic E-state index is 2.70. The third kappa shape index (κ3) is 1.19. The molecule has 0 N–H and O–H groups in total. The number of nitrogens with zero attached hydrogens (tertiary/aromatic N) is 1. The van der Waals surface area contributed by atoms with E-state index in [0.29, 0.717) is 5.54 Å². The Morgan fingerprint density at radius 2 is 1.57 bits per heavy atom. The number of benzene rings is 1. The van der Waals surface area contributed by atoms with Crippen molar-refractivity contribution in [3.63, 3.8) is 0 Å². The molecular weight excluding hydrogens is 170 g/mol. The minimum Gasteiger partial charge on any atom is -0.294 e. The van der Waals surface area contributed by atoms with E-state index in [1.165, 1.54) is 38.8 Å². The number of hydrogen-bond donors (Lipinski definition) is 0. The smallest absolute Gasteiger partial charge is 0.0462 e. The van der Waals surface area contributed by atoms with Crippen LogP contribution < -0.4 is 0 Å². The quantitative estimate of drug-likeness (QED) is 0.688. The van der Waals surface area contributed by atoms with Crippen LogP contribution in [0.1, 0.15) is 31.2 Å². The molecule has 2 aliphatic rings. The highest BCUT2D eigenvalue weighted by atomic mass is 15.2. The summed E-state index contributed by atoms with van der Waals surface area (Å²) in [5, 5.41) is 0. The maximum absolute atomic E-state index is 2.70. The summed E-state index contributed by atoms with van der Waals surface area (Å²) < 4.78 is 0. The lowest BCUT2D eigenvalue weighted by atomic mass is 10.0. The Bertz CT molecular complexity index is 307. The van der Waals surface area contributed by atoms with Crippen LogP contribution in [0.15, 0.2) is 30.3 Å². The predicted octanol–water partition coefficient (Wildman–Crippen LogP) is 2.77. The summed E-state index contributed by atoms with van der Waals surface area (Å²) in [5.74, 6) is 0. The lowest BCUT2D eigenvalue weighted by Gasteiger charge is -2.27. The Morgan fingerprint density at radius 1 is 0.929 bits per heavy atom. The second-order valence-corrected chi connectivity index (χ2v) is 4.59. The zero-order valence-corrected chi connectivity index (χ0v) is 8.58. The highest BCUT2D eigenvalue weighted by Gasteiger charge is 2.49. The first-order valence-corrected chi connectivity index (χ1v) is 5.72. The summed E-state index contributed by atoms with van der Waals surface area (Å²) in [6, 6.07) is 11.1. The van der Waals surface area contributed by atoms with Crippen molar-refractivity contribution in [3.8, 4) is 0 Å². The molecule has 74 valence electrons. The van der Waals surface area contributed by atoms with E-state index in [1.54, 1.807) is 5.56 Å². The molecule has 0 amide bonds. The lowest BCUT2D eigenvalue weighted by Crippen LogP contribution is -2.32. The average molecular weight is 187 g/mol. The zero-order chi connectivity index (χ0) is 9.43. The largest absolute Gasteiger partial charge is 0.294 e. The Hall–Kier alpha value is -0.820. The van der Waals surface area contributed by atoms with E-state index in [9.17, 15) is 0 Å². The molecule has 1 heteroatoms. The third-order valence-corrected chi connectivity index (χ3v) is 3.75. The van der Waals surface area contributed by atoms with Crippen LogP contribution in [0.2, 0.25) is 0 Å². The van der Waals surface area contributed by atoms with Gasteiger partial charge in [-0.05, 0) is 44.3 Å². The molecule has 0 atom stereocenters. The van der Waals surface area contributed by atoms with Crippen LogP contribution in [-0.4, -0.2) is 18.0 Å². The van der Waals surface area contributed by atoms with Gasteiger partial charge >= 0.3 is 0 Å². The van der Waals surface area contributed by atoms with Crippen molar-refractivity contribution in [2.24, 2.45) is 0 Å². The fraction of sp³-hybridized carbons (Fsp3) is 0.538. The summed E-state index contributed by atoms with van der Waals surface area (Å²) >= 11 is 0. The van der Waals surface area contributed by atoms with Crippen LogP contribution >= 0.6 is 0 Å². The van der Waals surface area contributed by atoms with Gasteiger partial charge in [-0.3, -0.25) is 4.90 Å². The molecule has 1 saturated heterocycles. The lowest BCUT2D eigenvalue weighted by molar-refractivity contribution is 0.223. The Labute approximate surface area is 85.7 Å². The van der Waals surface area contributed by atoms with E-state index in [1.807, 2.05) is 0 Å². The van der Waals surface area contributed by atoms with Crippen LogP contribution in [0.3, 0.4) is 0 Å². The molecule has 1 aromatic carbocycles. The molecule has 1 nitrogen and oxygen atoms in total. The van der Waals surface area contributed by atoms with Crippen LogP contribution in [0, 0.1) is 0 Å². The highest BCUT2D eigenvalue weighted by Crippen LogP contribution is 2.51. The van der Waals surface area contributed by atoms with Gasteiger partial charge < -0.3 is 0 Å². The zero-order valence-electron chi connectivity index (χ0n) is 8.58. The first-order valence-electron chi connectivity index (χ1n) is 5.72. The van der Waals surface area contributed by atoms with Crippen molar-refractivity contribution < 1.29 is 0 Å². The van der Waals surface area contributed by atoms with E-state index in [2.05, 4.69) is 35.2 Å². The molecule has 0 bridgehead atoms.